The third-order valence-electron chi connectivity index (χ3n) is 2.72. The first kappa shape index (κ1) is 30.7. The summed E-state index contributed by atoms with van der Waals surface area (Å²) in [4.78, 5) is 44.2. The number of alkyl carbamates (subject to hydrolysis) is 1. The number of methoxy groups -OCH3 is 1. The second-order valence-corrected chi connectivity index (χ2v) is 9.69. The van der Waals surface area contributed by atoms with Gasteiger partial charge in [0.05, 0.1) is 7.11 Å². The summed E-state index contributed by atoms with van der Waals surface area (Å²) >= 11 is 0. The molecule has 0 aliphatic rings. The molecule has 0 rings (SSSR count). The highest BCUT2D eigenvalue weighted by Gasteiger charge is 2.24. The first-order chi connectivity index (χ1) is 13.7. The van der Waals surface area contributed by atoms with Crippen LogP contribution >= 0.6 is 0 Å². The molecule has 1 atom stereocenters. The molecule has 0 heterocycles. The third kappa shape index (κ3) is 23.6. The first-order valence-corrected chi connectivity index (χ1v) is 9.94. The van der Waals surface area contributed by atoms with E-state index in [0.29, 0.717) is 6.42 Å². The van der Waals surface area contributed by atoms with Gasteiger partial charge in [-0.1, -0.05) is 0 Å². The Morgan fingerprint density at radius 1 is 0.742 bits per heavy atom. The molecule has 0 bridgehead atoms. The topological polar surface area (TPSA) is 126 Å². The average molecular weight is 450 g/mol. The van der Waals surface area contributed by atoms with Crippen LogP contribution in [-0.2, 0) is 28.5 Å². The highest BCUT2D eigenvalue weighted by Crippen LogP contribution is 2.11. The van der Waals surface area contributed by atoms with Crippen molar-refractivity contribution in [1.29, 1.82) is 0 Å². The summed E-state index contributed by atoms with van der Waals surface area (Å²) in [6.45, 7) is 17.2. The molecule has 31 heavy (non-hydrogen) atoms. The Kier molecular flexibility index (Phi) is 12.9. The molecule has 0 fully saturated rings. The van der Waals surface area contributed by atoms with Crippen LogP contribution in [0.2, 0.25) is 0 Å². The van der Waals surface area contributed by atoms with Crippen molar-refractivity contribution in [2.75, 3.05) is 7.11 Å². The van der Waals surface area contributed by atoms with Gasteiger partial charge in [0, 0.05) is 12.5 Å². The van der Waals surface area contributed by atoms with E-state index < -0.39 is 35.2 Å². The van der Waals surface area contributed by atoms with Crippen molar-refractivity contribution >= 4 is 24.4 Å². The van der Waals surface area contributed by atoms with E-state index in [4.69, 9.17) is 14.2 Å². The molecule has 0 aliphatic carbocycles. The van der Waals surface area contributed by atoms with Crippen LogP contribution in [-0.4, -0.2) is 54.3 Å². The van der Waals surface area contributed by atoms with E-state index in [9.17, 15) is 19.2 Å². The Morgan fingerprint density at radius 2 is 1.13 bits per heavy atom. The highest BCUT2D eigenvalue weighted by atomic mass is 16.8. The van der Waals surface area contributed by atoms with Crippen molar-refractivity contribution in [2.24, 2.45) is 0 Å². The number of esters is 1. The number of hydrogen-bond donors (Lipinski definition) is 1. The molecule has 0 aromatic carbocycles. The summed E-state index contributed by atoms with van der Waals surface area (Å²) in [6, 6.07) is -0.117. The van der Waals surface area contributed by atoms with E-state index in [-0.39, 0.29) is 18.4 Å². The molecule has 1 amide bonds. The van der Waals surface area contributed by atoms with Gasteiger partial charge in [0.1, 0.15) is 16.8 Å². The number of nitrogens with one attached hydrogen (secondary N) is 1. The summed E-state index contributed by atoms with van der Waals surface area (Å²) in [6.07, 6.45) is -1.77. The number of ether oxygens (including phenoxy) is 5. The van der Waals surface area contributed by atoms with E-state index in [1.165, 1.54) is 7.11 Å². The Bertz CT molecular complexity index is 569. The Morgan fingerprint density at radius 3 is 1.45 bits per heavy atom. The molecule has 0 aliphatic heterocycles. The van der Waals surface area contributed by atoms with Gasteiger partial charge in [-0.2, -0.15) is 0 Å². The normalized spacial score (nSPS) is 12.4. The number of carbonyl (C=O) groups excluding carboxylic acids is 4. The zero-order valence-electron chi connectivity index (χ0n) is 20.7. The van der Waals surface area contributed by atoms with E-state index in [0.717, 1.165) is 0 Å². The quantitative estimate of drug-likeness (QED) is 0.368. The summed E-state index contributed by atoms with van der Waals surface area (Å²) in [7, 11) is 1.34. The van der Waals surface area contributed by atoms with Crippen molar-refractivity contribution in [1.82, 2.24) is 5.32 Å². The zero-order valence-corrected chi connectivity index (χ0v) is 20.7. The molecule has 0 radical (unpaired) electrons. The lowest BCUT2D eigenvalue weighted by molar-refractivity contribution is -0.140. The lowest BCUT2D eigenvalue weighted by Crippen LogP contribution is -2.37. The average Bonchev–Trinajstić information content (AvgIpc) is 2.47. The lowest BCUT2D eigenvalue weighted by Gasteiger charge is -2.21. The second-order valence-electron chi connectivity index (χ2n) is 9.69. The fourth-order valence-electron chi connectivity index (χ4n) is 1.63. The summed E-state index contributed by atoms with van der Waals surface area (Å²) in [5, 5.41) is 2.65. The van der Waals surface area contributed by atoms with Crippen LogP contribution in [0.5, 0.6) is 0 Å². The minimum atomic E-state index is -1.06. The maximum absolute atomic E-state index is 11.3. The van der Waals surface area contributed by atoms with Crippen LogP contribution in [0.25, 0.3) is 0 Å². The van der Waals surface area contributed by atoms with Gasteiger partial charge in [-0.3, -0.25) is 4.79 Å². The fraction of sp³-hybridized carbons (Fsp3) is 0.810. The minimum absolute atomic E-state index is 0.117. The first-order valence-electron chi connectivity index (χ1n) is 9.94. The molecule has 10 nitrogen and oxygen atoms in total. The van der Waals surface area contributed by atoms with Crippen LogP contribution in [0.3, 0.4) is 0 Å². The molecule has 182 valence electrons. The van der Waals surface area contributed by atoms with Gasteiger partial charge < -0.3 is 29.0 Å². The SMILES string of the molecule is CC(C)(C)OC(=O)OC(=O)OC(C)(C)C.COC(=O)CCC(C)NC(=O)OC(C)(C)C. The van der Waals surface area contributed by atoms with Gasteiger partial charge in [0.25, 0.3) is 0 Å². The standard InChI is InChI=1S/C11H21NO4.C10H18O5/c1-8(6-7-9(13)15-5)12-10(14)16-11(2,3)4;1-9(2,3)14-7(11)13-8(12)15-10(4,5)6/h8H,6-7H2,1-5H3,(H,12,14);1-6H3. The van der Waals surface area contributed by atoms with Crippen LogP contribution < -0.4 is 5.32 Å². The lowest BCUT2D eigenvalue weighted by atomic mass is 10.2. The number of amides is 1. The zero-order chi connectivity index (χ0) is 25.0. The van der Waals surface area contributed by atoms with Crippen molar-refractivity contribution in [3.05, 3.63) is 0 Å². The van der Waals surface area contributed by atoms with Gasteiger partial charge in [-0.25, -0.2) is 14.4 Å². The third-order valence-corrected chi connectivity index (χ3v) is 2.72. The van der Waals surface area contributed by atoms with Gasteiger partial charge >= 0.3 is 24.4 Å². The number of carbonyl (C=O) groups is 4. The van der Waals surface area contributed by atoms with Crippen LogP contribution in [0.1, 0.15) is 82.1 Å². The molecule has 1 N–H and O–H groups in total. The van der Waals surface area contributed by atoms with Gasteiger partial charge in [-0.15, -0.1) is 0 Å². The molecule has 10 heteroatoms. The Labute approximate surface area is 185 Å². The molecule has 0 saturated carbocycles. The van der Waals surface area contributed by atoms with E-state index in [1.54, 1.807) is 62.3 Å². The maximum Gasteiger partial charge on any atom is 0.519 e. The van der Waals surface area contributed by atoms with E-state index in [1.807, 2.05) is 6.92 Å². The van der Waals surface area contributed by atoms with Gasteiger partial charge in [0.15, 0.2) is 0 Å². The summed E-state index contributed by atoms with van der Waals surface area (Å²) < 4.78 is 23.4. The molecule has 1 unspecified atom stereocenters. The predicted octanol–water partition coefficient (Wildman–Crippen LogP) is 4.73. The molecule has 0 aromatic rings. The van der Waals surface area contributed by atoms with Crippen LogP contribution in [0.15, 0.2) is 0 Å². The van der Waals surface area contributed by atoms with Crippen LogP contribution in [0.4, 0.5) is 14.4 Å². The summed E-state index contributed by atoms with van der Waals surface area (Å²) in [5.74, 6) is -0.280. The molecule has 0 aromatic heterocycles. The van der Waals surface area contributed by atoms with E-state index >= 15 is 0 Å². The fourth-order valence-corrected chi connectivity index (χ4v) is 1.63. The molecule has 0 spiro atoms. The Balaban J connectivity index is 0. The van der Waals surface area contributed by atoms with Crippen LogP contribution in [0, 0.1) is 0 Å². The summed E-state index contributed by atoms with van der Waals surface area (Å²) in [5.41, 5.74) is -1.90. The van der Waals surface area contributed by atoms with Crippen molar-refractivity contribution in [2.45, 2.75) is 105 Å². The predicted molar refractivity (Wildman–Crippen MR) is 114 cm³/mol. The smallest absolute Gasteiger partial charge is 0.469 e. The number of rotatable bonds is 4. The van der Waals surface area contributed by atoms with Crippen molar-refractivity contribution in [3.8, 4) is 0 Å². The second kappa shape index (κ2) is 13.0. The maximum atomic E-state index is 11.3. The van der Waals surface area contributed by atoms with Crippen molar-refractivity contribution in [3.63, 3.8) is 0 Å². The largest absolute Gasteiger partial charge is 0.519 e. The Hall–Kier alpha value is -2.52. The van der Waals surface area contributed by atoms with Crippen molar-refractivity contribution < 1.29 is 42.9 Å². The molecular weight excluding hydrogens is 410 g/mol. The van der Waals surface area contributed by atoms with Gasteiger partial charge in [0.2, 0.25) is 0 Å². The monoisotopic (exact) mass is 449 g/mol. The highest BCUT2D eigenvalue weighted by molar-refractivity contribution is 5.77. The molecular formula is C21H39NO9. The van der Waals surface area contributed by atoms with E-state index in [2.05, 4.69) is 14.8 Å². The minimum Gasteiger partial charge on any atom is -0.469 e. The van der Waals surface area contributed by atoms with Gasteiger partial charge in [-0.05, 0) is 75.7 Å². The molecule has 0 saturated heterocycles. The number of hydrogen-bond acceptors (Lipinski definition) is 9.